The van der Waals surface area contributed by atoms with E-state index in [2.05, 4.69) is 44.5 Å². The van der Waals surface area contributed by atoms with Crippen molar-refractivity contribution in [2.24, 2.45) is 5.92 Å². The Morgan fingerprint density at radius 3 is 2.72 bits per heavy atom. The van der Waals surface area contributed by atoms with E-state index in [-0.39, 0.29) is 0 Å². The van der Waals surface area contributed by atoms with Crippen LogP contribution in [0.1, 0.15) is 32.3 Å². The molecule has 0 saturated carbocycles. The molecule has 0 radical (unpaired) electrons. The van der Waals surface area contributed by atoms with Crippen LogP contribution in [-0.4, -0.2) is 31.2 Å². The zero-order chi connectivity index (χ0) is 20.2. The molecular formula is C22H24N6O. The van der Waals surface area contributed by atoms with Crippen molar-refractivity contribution in [3.8, 4) is 11.4 Å². The quantitative estimate of drug-likeness (QED) is 0.408. The van der Waals surface area contributed by atoms with Crippen molar-refractivity contribution in [1.82, 2.24) is 25.4 Å². The molecule has 0 amide bonds. The van der Waals surface area contributed by atoms with Gasteiger partial charge >= 0.3 is 0 Å². The van der Waals surface area contributed by atoms with Gasteiger partial charge in [0.1, 0.15) is 5.78 Å². The Hall–Kier alpha value is -3.48. The number of aromatic amines is 2. The molecule has 0 aliphatic heterocycles. The number of aryl methyl sites for hydroxylation is 1. The van der Waals surface area contributed by atoms with Gasteiger partial charge in [-0.2, -0.15) is 10.1 Å². The van der Waals surface area contributed by atoms with E-state index in [4.69, 9.17) is 0 Å². The van der Waals surface area contributed by atoms with Crippen molar-refractivity contribution in [2.75, 3.05) is 5.32 Å². The van der Waals surface area contributed by atoms with Crippen LogP contribution in [0.15, 0.2) is 48.7 Å². The van der Waals surface area contributed by atoms with Gasteiger partial charge in [-0.1, -0.05) is 38.1 Å². The fourth-order valence-corrected chi connectivity index (χ4v) is 3.27. The molecule has 7 nitrogen and oxygen atoms in total. The fraction of sp³-hybridized carbons (Fsp3) is 0.273. The molecular weight excluding hydrogens is 364 g/mol. The minimum absolute atomic E-state index is 0.323. The van der Waals surface area contributed by atoms with Crippen molar-refractivity contribution >= 4 is 28.3 Å². The maximum atomic E-state index is 11.9. The summed E-state index contributed by atoms with van der Waals surface area (Å²) in [7, 11) is 0. The van der Waals surface area contributed by atoms with Crippen molar-refractivity contribution < 1.29 is 4.79 Å². The van der Waals surface area contributed by atoms with Gasteiger partial charge in [-0.15, -0.1) is 5.10 Å². The fourth-order valence-electron chi connectivity index (χ4n) is 3.27. The number of fused-ring (bicyclic) bond motifs is 1. The van der Waals surface area contributed by atoms with Gasteiger partial charge in [-0.3, -0.25) is 15.0 Å². The van der Waals surface area contributed by atoms with Gasteiger partial charge in [-0.25, -0.2) is 0 Å². The Morgan fingerprint density at radius 2 is 1.93 bits per heavy atom. The predicted octanol–water partition coefficient (Wildman–Crippen LogP) is 4.64. The lowest BCUT2D eigenvalue weighted by atomic mass is 10.0. The number of carbonyl (C=O) groups is 1. The number of hydrogen-bond donors (Lipinski definition) is 3. The Kier molecular flexibility index (Phi) is 5.37. The third-order valence-corrected chi connectivity index (χ3v) is 4.74. The number of benzene rings is 2. The maximum absolute atomic E-state index is 11.9. The lowest BCUT2D eigenvalue weighted by molar-refractivity contribution is -0.119. The van der Waals surface area contributed by atoms with Crippen LogP contribution in [0.2, 0.25) is 0 Å². The summed E-state index contributed by atoms with van der Waals surface area (Å²) in [6.45, 7) is 4.14. The first-order valence-corrected chi connectivity index (χ1v) is 9.80. The van der Waals surface area contributed by atoms with Gasteiger partial charge in [0.2, 0.25) is 5.95 Å². The first-order valence-electron chi connectivity index (χ1n) is 9.80. The molecule has 0 fully saturated rings. The lowest BCUT2D eigenvalue weighted by Gasteiger charge is -2.05. The number of nitrogens with one attached hydrogen (secondary N) is 3. The Labute approximate surface area is 169 Å². The van der Waals surface area contributed by atoms with Gasteiger partial charge < -0.3 is 5.32 Å². The van der Waals surface area contributed by atoms with Crippen molar-refractivity contribution in [2.45, 2.75) is 33.1 Å². The van der Waals surface area contributed by atoms with Crippen molar-refractivity contribution in [1.29, 1.82) is 0 Å². The number of rotatable bonds is 8. The van der Waals surface area contributed by atoms with E-state index in [1.54, 1.807) is 6.20 Å². The second kappa shape index (κ2) is 8.26. The molecule has 0 aliphatic rings. The molecule has 4 rings (SSSR count). The largest absolute Gasteiger partial charge is 0.323 e. The highest BCUT2D eigenvalue weighted by molar-refractivity contribution is 5.82. The zero-order valence-electron chi connectivity index (χ0n) is 16.6. The van der Waals surface area contributed by atoms with Gasteiger partial charge in [0, 0.05) is 29.5 Å². The maximum Gasteiger partial charge on any atom is 0.246 e. The second-order valence-corrected chi connectivity index (χ2v) is 7.64. The average molecular weight is 388 g/mol. The first kappa shape index (κ1) is 18.9. The predicted molar refractivity (Wildman–Crippen MR) is 114 cm³/mol. The van der Waals surface area contributed by atoms with Crippen LogP contribution in [0.25, 0.3) is 22.3 Å². The Morgan fingerprint density at radius 1 is 1.10 bits per heavy atom. The van der Waals surface area contributed by atoms with Crippen LogP contribution in [0, 0.1) is 5.92 Å². The number of carbonyl (C=O) groups excluding carboxylic acids is 1. The summed E-state index contributed by atoms with van der Waals surface area (Å²) in [5.74, 6) is 1.94. The Bertz CT molecular complexity index is 1110. The topological polar surface area (TPSA) is 99.3 Å². The highest BCUT2D eigenvalue weighted by atomic mass is 16.1. The monoisotopic (exact) mass is 388 g/mol. The number of ketones is 1. The van der Waals surface area contributed by atoms with E-state index < -0.39 is 0 Å². The average Bonchev–Trinajstić information content (AvgIpc) is 3.35. The summed E-state index contributed by atoms with van der Waals surface area (Å²) in [6.07, 6.45) is 3.79. The normalized spacial score (nSPS) is 11.3. The molecule has 7 heteroatoms. The molecule has 29 heavy (non-hydrogen) atoms. The van der Waals surface area contributed by atoms with Crippen LogP contribution in [0.5, 0.6) is 0 Å². The number of Topliss-reactive ketones (excluding diaryl/α,β-unsaturated/α-hetero) is 1. The SMILES string of the molecule is CC(C)CC(=O)CCc1ccc(-c2nc(Nc3ccc4[nH]ncc4c3)n[nH]2)cc1. The van der Waals surface area contributed by atoms with Gasteiger partial charge in [0.05, 0.1) is 11.7 Å². The van der Waals surface area contributed by atoms with Crippen LogP contribution in [0.4, 0.5) is 11.6 Å². The number of hydrogen-bond acceptors (Lipinski definition) is 5. The van der Waals surface area contributed by atoms with Gasteiger partial charge in [0.15, 0.2) is 5.82 Å². The highest BCUT2D eigenvalue weighted by Gasteiger charge is 2.08. The van der Waals surface area contributed by atoms with Crippen LogP contribution < -0.4 is 5.32 Å². The molecule has 0 saturated heterocycles. The van der Waals surface area contributed by atoms with Crippen molar-refractivity contribution in [3.63, 3.8) is 0 Å². The summed E-state index contributed by atoms with van der Waals surface area (Å²) in [5, 5.41) is 18.4. The van der Waals surface area contributed by atoms with E-state index in [0.29, 0.717) is 36.3 Å². The molecule has 148 valence electrons. The summed E-state index contributed by atoms with van der Waals surface area (Å²) in [6, 6.07) is 14.0. The van der Waals surface area contributed by atoms with E-state index in [0.717, 1.165) is 34.1 Å². The zero-order valence-corrected chi connectivity index (χ0v) is 16.6. The smallest absolute Gasteiger partial charge is 0.246 e. The van der Waals surface area contributed by atoms with Gasteiger partial charge in [0.25, 0.3) is 0 Å². The molecule has 0 spiro atoms. The summed E-state index contributed by atoms with van der Waals surface area (Å²) < 4.78 is 0. The molecule has 0 unspecified atom stereocenters. The first-order chi connectivity index (χ1) is 14.1. The van der Waals surface area contributed by atoms with Crippen LogP contribution >= 0.6 is 0 Å². The number of aromatic nitrogens is 5. The van der Waals surface area contributed by atoms with E-state index in [1.807, 2.05) is 42.5 Å². The van der Waals surface area contributed by atoms with E-state index in [9.17, 15) is 4.79 Å². The van der Waals surface area contributed by atoms with Crippen LogP contribution in [0.3, 0.4) is 0 Å². The standard InChI is InChI=1S/C22H24N6O/c1-14(2)11-19(29)9-5-15-3-6-16(7-4-15)21-25-22(28-27-21)24-18-8-10-20-17(12-18)13-23-26-20/h3-4,6-8,10,12-14H,5,9,11H2,1-2H3,(H,23,26)(H2,24,25,27,28). The molecule has 0 aliphatic carbocycles. The summed E-state index contributed by atoms with van der Waals surface area (Å²) in [4.78, 5) is 16.4. The number of H-pyrrole nitrogens is 2. The highest BCUT2D eigenvalue weighted by Crippen LogP contribution is 2.22. The molecule has 0 atom stereocenters. The van der Waals surface area contributed by atoms with E-state index >= 15 is 0 Å². The second-order valence-electron chi connectivity index (χ2n) is 7.64. The molecule has 0 bridgehead atoms. The van der Waals surface area contributed by atoms with E-state index in [1.165, 1.54) is 0 Å². The summed E-state index contributed by atoms with van der Waals surface area (Å²) >= 11 is 0. The van der Waals surface area contributed by atoms with Crippen LogP contribution in [-0.2, 0) is 11.2 Å². The lowest BCUT2D eigenvalue weighted by Crippen LogP contribution is -2.04. The van der Waals surface area contributed by atoms with Crippen molar-refractivity contribution in [3.05, 3.63) is 54.2 Å². The molecule has 3 N–H and O–H groups in total. The number of anilines is 2. The third-order valence-electron chi connectivity index (χ3n) is 4.74. The Balaban J connectivity index is 1.39. The van der Waals surface area contributed by atoms with Gasteiger partial charge in [-0.05, 0) is 36.1 Å². The third kappa shape index (κ3) is 4.68. The summed E-state index contributed by atoms with van der Waals surface area (Å²) in [5.41, 5.74) is 3.98. The molecule has 2 aromatic heterocycles. The minimum Gasteiger partial charge on any atom is -0.323 e. The molecule has 2 heterocycles. The number of nitrogens with zero attached hydrogens (tertiary/aromatic N) is 3. The minimum atomic E-state index is 0.323. The molecule has 4 aromatic rings. The molecule has 2 aromatic carbocycles.